The molecule has 0 atom stereocenters. The summed E-state index contributed by atoms with van der Waals surface area (Å²) in [6.45, 7) is 4.32. The summed E-state index contributed by atoms with van der Waals surface area (Å²) in [5.74, 6) is -0.290. The Kier molecular flexibility index (Phi) is 4.39. The van der Waals surface area contributed by atoms with Crippen LogP contribution in [0.25, 0.3) is 0 Å². The van der Waals surface area contributed by atoms with Crippen molar-refractivity contribution in [2.75, 3.05) is 19.7 Å². The number of carbonyl (C=O) groups excluding carboxylic acids is 1. The summed E-state index contributed by atoms with van der Waals surface area (Å²) in [6.07, 6.45) is 4.14. The zero-order valence-electron chi connectivity index (χ0n) is 9.89. The molecule has 1 aliphatic rings. The Morgan fingerprint density at radius 3 is 3.00 bits per heavy atom. The summed E-state index contributed by atoms with van der Waals surface area (Å²) in [5.41, 5.74) is 0.561. The summed E-state index contributed by atoms with van der Waals surface area (Å²) in [5, 5.41) is 0.743. The minimum Gasteiger partial charge on any atom is -0.462 e. The molecule has 1 aliphatic heterocycles. The van der Waals surface area contributed by atoms with Gasteiger partial charge in [-0.3, -0.25) is 0 Å². The molecule has 1 aromatic heterocycles. The van der Waals surface area contributed by atoms with Gasteiger partial charge in [-0.05, 0) is 43.8 Å². The highest BCUT2D eigenvalue weighted by Crippen LogP contribution is 2.27. The third-order valence-corrected chi connectivity index (χ3v) is 3.67. The minimum absolute atomic E-state index is 0.290. The highest BCUT2D eigenvalue weighted by Gasteiger charge is 2.19. The van der Waals surface area contributed by atoms with Gasteiger partial charge in [0.05, 0.1) is 12.2 Å². The molecule has 0 aromatic carbocycles. The van der Waals surface area contributed by atoms with Crippen LogP contribution < -0.4 is 0 Å². The Bertz CT molecular complexity index is 392. The largest absolute Gasteiger partial charge is 0.462 e. The lowest BCUT2D eigenvalue weighted by molar-refractivity contribution is 0.0521. The van der Waals surface area contributed by atoms with Crippen molar-refractivity contribution in [1.29, 1.82) is 0 Å². The van der Waals surface area contributed by atoms with Gasteiger partial charge in [-0.2, -0.15) is 0 Å². The number of pyridine rings is 1. The third-order valence-electron chi connectivity index (χ3n) is 2.55. The Balaban J connectivity index is 2.12. The number of aromatic nitrogens is 1. The van der Waals surface area contributed by atoms with Crippen molar-refractivity contribution in [1.82, 2.24) is 9.29 Å². The van der Waals surface area contributed by atoms with E-state index in [1.165, 1.54) is 12.8 Å². The van der Waals surface area contributed by atoms with E-state index < -0.39 is 0 Å². The van der Waals surface area contributed by atoms with Crippen molar-refractivity contribution in [2.24, 2.45) is 0 Å². The van der Waals surface area contributed by atoms with Crippen molar-refractivity contribution in [3.05, 3.63) is 23.9 Å². The van der Waals surface area contributed by atoms with E-state index in [2.05, 4.69) is 9.29 Å². The van der Waals surface area contributed by atoms with Gasteiger partial charge in [0.25, 0.3) is 0 Å². The number of hydrogen-bond donors (Lipinski definition) is 0. The van der Waals surface area contributed by atoms with E-state index >= 15 is 0 Å². The highest BCUT2D eigenvalue weighted by atomic mass is 32.2. The zero-order valence-corrected chi connectivity index (χ0v) is 10.7. The first kappa shape index (κ1) is 12.4. The van der Waals surface area contributed by atoms with Gasteiger partial charge < -0.3 is 4.74 Å². The van der Waals surface area contributed by atoms with Crippen LogP contribution in [0, 0.1) is 0 Å². The monoisotopic (exact) mass is 252 g/mol. The van der Waals surface area contributed by atoms with Gasteiger partial charge >= 0.3 is 5.97 Å². The molecule has 0 bridgehead atoms. The predicted molar refractivity (Wildman–Crippen MR) is 66.9 cm³/mol. The Morgan fingerprint density at radius 2 is 2.29 bits per heavy atom. The van der Waals surface area contributed by atoms with Crippen LogP contribution in [0.1, 0.15) is 30.1 Å². The van der Waals surface area contributed by atoms with E-state index in [0.29, 0.717) is 12.2 Å². The quantitative estimate of drug-likeness (QED) is 0.608. The normalized spacial score (nSPS) is 16.1. The second-order valence-corrected chi connectivity index (χ2v) is 4.89. The second-order valence-electron chi connectivity index (χ2n) is 3.80. The van der Waals surface area contributed by atoms with Crippen LogP contribution in [0.15, 0.2) is 23.4 Å². The van der Waals surface area contributed by atoms with E-state index in [1.54, 1.807) is 30.3 Å². The molecule has 1 saturated heterocycles. The molecule has 17 heavy (non-hydrogen) atoms. The maximum Gasteiger partial charge on any atom is 0.340 e. The first-order chi connectivity index (χ1) is 8.31. The summed E-state index contributed by atoms with van der Waals surface area (Å²) < 4.78 is 7.26. The zero-order chi connectivity index (χ0) is 12.1. The average Bonchev–Trinajstić information content (AvgIpc) is 2.83. The maximum atomic E-state index is 11.7. The molecule has 0 N–H and O–H groups in total. The third kappa shape index (κ3) is 3.20. The number of ether oxygens (including phenoxy) is 1. The molecule has 1 fully saturated rings. The van der Waals surface area contributed by atoms with Crippen LogP contribution in [0.5, 0.6) is 0 Å². The van der Waals surface area contributed by atoms with Crippen LogP contribution in [0.3, 0.4) is 0 Å². The van der Waals surface area contributed by atoms with Crippen LogP contribution in [-0.4, -0.2) is 35.0 Å². The Morgan fingerprint density at radius 1 is 1.53 bits per heavy atom. The second kappa shape index (κ2) is 6.02. The first-order valence-electron chi connectivity index (χ1n) is 5.86. The maximum absolute atomic E-state index is 11.7. The molecular formula is C12H16N2O2S. The molecule has 0 aliphatic carbocycles. The van der Waals surface area contributed by atoms with Crippen molar-refractivity contribution >= 4 is 17.9 Å². The summed E-state index contributed by atoms with van der Waals surface area (Å²) in [4.78, 5) is 16.0. The molecule has 0 radical (unpaired) electrons. The lowest BCUT2D eigenvalue weighted by Gasteiger charge is -2.14. The van der Waals surface area contributed by atoms with Gasteiger partial charge in [0.2, 0.25) is 0 Å². The molecule has 0 spiro atoms. The molecule has 2 heterocycles. The van der Waals surface area contributed by atoms with Crippen molar-refractivity contribution in [3.8, 4) is 0 Å². The van der Waals surface area contributed by atoms with Gasteiger partial charge in [0.15, 0.2) is 0 Å². The molecule has 92 valence electrons. The van der Waals surface area contributed by atoms with E-state index in [4.69, 9.17) is 4.74 Å². The molecule has 4 nitrogen and oxygen atoms in total. The summed E-state index contributed by atoms with van der Waals surface area (Å²) in [7, 11) is 0. The topological polar surface area (TPSA) is 42.4 Å². The van der Waals surface area contributed by atoms with Crippen LogP contribution in [-0.2, 0) is 4.74 Å². The molecule has 2 rings (SSSR count). The molecule has 0 unspecified atom stereocenters. The van der Waals surface area contributed by atoms with E-state index in [9.17, 15) is 4.79 Å². The van der Waals surface area contributed by atoms with Crippen LogP contribution in [0.2, 0.25) is 0 Å². The summed E-state index contributed by atoms with van der Waals surface area (Å²) >= 11 is 1.55. The molecule has 0 amide bonds. The van der Waals surface area contributed by atoms with E-state index in [0.717, 1.165) is 18.1 Å². The Hall–Kier alpha value is -1.07. The van der Waals surface area contributed by atoms with E-state index in [-0.39, 0.29) is 5.97 Å². The van der Waals surface area contributed by atoms with Gasteiger partial charge in [-0.1, -0.05) is 0 Å². The van der Waals surface area contributed by atoms with Crippen molar-refractivity contribution < 1.29 is 9.53 Å². The van der Waals surface area contributed by atoms with Gasteiger partial charge in [0, 0.05) is 19.3 Å². The van der Waals surface area contributed by atoms with Crippen LogP contribution >= 0.6 is 11.9 Å². The molecule has 5 heteroatoms. The fourth-order valence-electron chi connectivity index (χ4n) is 1.73. The number of hydrogen-bond acceptors (Lipinski definition) is 5. The number of carbonyl (C=O) groups is 1. The fraction of sp³-hybridized carbons (Fsp3) is 0.500. The minimum atomic E-state index is -0.290. The predicted octanol–water partition coefficient (Wildman–Crippen LogP) is 2.36. The average molecular weight is 252 g/mol. The molecule has 1 aromatic rings. The van der Waals surface area contributed by atoms with Gasteiger partial charge in [-0.25, -0.2) is 14.1 Å². The van der Waals surface area contributed by atoms with Crippen LogP contribution in [0.4, 0.5) is 0 Å². The standard InChI is InChI=1S/C12H16N2O2S/c1-2-16-12(15)10-6-5-7-13-11(10)17-14-8-3-4-9-14/h5-7H,2-4,8-9H2,1H3. The number of esters is 1. The highest BCUT2D eigenvalue weighted by molar-refractivity contribution is 7.97. The molecule has 0 saturated carbocycles. The fourth-order valence-corrected chi connectivity index (χ4v) is 2.77. The Labute approximate surface area is 105 Å². The number of nitrogens with zero attached hydrogens (tertiary/aromatic N) is 2. The smallest absolute Gasteiger partial charge is 0.340 e. The lowest BCUT2D eigenvalue weighted by atomic mass is 10.3. The SMILES string of the molecule is CCOC(=O)c1cccnc1SN1CCCC1. The lowest BCUT2D eigenvalue weighted by Crippen LogP contribution is -2.13. The summed E-state index contributed by atoms with van der Waals surface area (Å²) in [6, 6.07) is 3.53. The van der Waals surface area contributed by atoms with Gasteiger partial charge in [0.1, 0.15) is 5.03 Å². The van der Waals surface area contributed by atoms with E-state index in [1.807, 2.05) is 6.92 Å². The number of rotatable bonds is 4. The first-order valence-corrected chi connectivity index (χ1v) is 6.63. The molecular weight excluding hydrogens is 236 g/mol. The van der Waals surface area contributed by atoms with Crippen molar-refractivity contribution in [3.63, 3.8) is 0 Å². The van der Waals surface area contributed by atoms with Crippen molar-refractivity contribution in [2.45, 2.75) is 24.8 Å². The van der Waals surface area contributed by atoms with Gasteiger partial charge in [-0.15, -0.1) is 0 Å².